The minimum Gasteiger partial charge on any atom is -0.476 e. The first kappa shape index (κ1) is 17.7. The van der Waals surface area contributed by atoms with Gasteiger partial charge in [0, 0.05) is 31.1 Å². The Hall–Kier alpha value is -2.34. The number of fused-ring (bicyclic) bond motifs is 3. The Morgan fingerprint density at radius 2 is 2.04 bits per heavy atom. The highest BCUT2D eigenvalue weighted by atomic mass is 35.5. The molecule has 0 spiro atoms. The Bertz CT molecular complexity index is 1070. The van der Waals surface area contributed by atoms with Crippen molar-refractivity contribution in [3.63, 3.8) is 0 Å². The molecule has 3 heterocycles. The molecule has 0 N–H and O–H groups in total. The Morgan fingerprint density at radius 1 is 1.18 bits per heavy atom. The molecule has 5 rings (SSSR count). The lowest BCUT2D eigenvalue weighted by Crippen LogP contribution is -2.37. The lowest BCUT2D eigenvalue weighted by molar-refractivity contribution is 0.0281. The topological polar surface area (TPSA) is 51.9 Å². The summed E-state index contributed by atoms with van der Waals surface area (Å²) in [5.74, 6) is 0.603. The van der Waals surface area contributed by atoms with Crippen molar-refractivity contribution < 1.29 is 13.9 Å². The summed E-state index contributed by atoms with van der Waals surface area (Å²) in [5.41, 5.74) is 2.74. The van der Waals surface area contributed by atoms with Crippen LogP contribution in [0.15, 0.2) is 51.7 Å². The van der Waals surface area contributed by atoms with Crippen molar-refractivity contribution in [1.29, 1.82) is 0 Å². The molecule has 1 saturated heterocycles. The first-order valence-electron chi connectivity index (χ1n) is 9.50. The van der Waals surface area contributed by atoms with Crippen molar-refractivity contribution in [3.05, 3.63) is 63.5 Å². The quantitative estimate of drug-likeness (QED) is 0.611. The van der Waals surface area contributed by atoms with Crippen LogP contribution in [0.2, 0.25) is 5.02 Å². The monoisotopic (exact) mass is 397 g/mol. The van der Waals surface area contributed by atoms with Crippen LogP contribution >= 0.6 is 11.6 Å². The van der Waals surface area contributed by atoms with Gasteiger partial charge in [0.25, 0.3) is 0 Å². The summed E-state index contributed by atoms with van der Waals surface area (Å²) in [6.45, 7) is 2.66. The summed E-state index contributed by atoms with van der Waals surface area (Å²) in [4.78, 5) is 14.5. The van der Waals surface area contributed by atoms with Gasteiger partial charge in [0.15, 0.2) is 0 Å². The van der Waals surface area contributed by atoms with E-state index in [1.54, 1.807) is 0 Å². The molecule has 2 aliphatic rings. The number of hydrogen-bond acceptors (Lipinski definition) is 5. The van der Waals surface area contributed by atoms with Crippen LogP contribution in [0.5, 0.6) is 5.75 Å². The minimum atomic E-state index is -0.382. The molecule has 0 radical (unpaired) electrons. The van der Waals surface area contributed by atoms with Gasteiger partial charge in [0.1, 0.15) is 18.1 Å². The number of nitrogens with zero attached hydrogens (tertiary/aromatic N) is 1. The van der Waals surface area contributed by atoms with E-state index in [0.717, 1.165) is 48.1 Å². The Kier molecular flexibility index (Phi) is 4.59. The predicted molar refractivity (Wildman–Crippen MR) is 108 cm³/mol. The molecular weight excluding hydrogens is 378 g/mol. The van der Waals surface area contributed by atoms with E-state index in [1.165, 1.54) is 6.07 Å². The molecule has 1 atom stereocenters. The third-order valence-electron chi connectivity index (χ3n) is 5.38. The van der Waals surface area contributed by atoms with Crippen LogP contribution in [0, 0.1) is 0 Å². The molecule has 2 aromatic carbocycles. The molecule has 2 aliphatic heterocycles. The molecule has 3 aromatic rings. The molecule has 144 valence electrons. The van der Waals surface area contributed by atoms with Crippen molar-refractivity contribution in [3.8, 4) is 16.9 Å². The molecule has 0 saturated carbocycles. The zero-order chi connectivity index (χ0) is 19.1. The van der Waals surface area contributed by atoms with Crippen molar-refractivity contribution in [1.82, 2.24) is 4.90 Å². The van der Waals surface area contributed by atoms with E-state index in [2.05, 4.69) is 4.90 Å². The van der Waals surface area contributed by atoms with Crippen LogP contribution in [0.1, 0.15) is 18.4 Å². The van der Waals surface area contributed by atoms with Crippen LogP contribution in [0.25, 0.3) is 22.1 Å². The van der Waals surface area contributed by atoms with Crippen LogP contribution in [0.4, 0.5) is 0 Å². The van der Waals surface area contributed by atoms with Gasteiger partial charge in [-0.2, -0.15) is 0 Å². The largest absolute Gasteiger partial charge is 0.476 e. The van der Waals surface area contributed by atoms with Gasteiger partial charge in [-0.15, -0.1) is 0 Å². The molecule has 0 amide bonds. The van der Waals surface area contributed by atoms with E-state index in [9.17, 15) is 4.79 Å². The Balaban J connectivity index is 1.62. The van der Waals surface area contributed by atoms with E-state index < -0.39 is 0 Å². The molecule has 5 nitrogen and oxygen atoms in total. The number of rotatable bonds is 3. The van der Waals surface area contributed by atoms with Gasteiger partial charge in [-0.05, 0) is 30.0 Å². The lowest BCUT2D eigenvalue weighted by Gasteiger charge is -2.31. The van der Waals surface area contributed by atoms with Gasteiger partial charge in [0.2, 0.25) is 0 Å². The molecule has 28 heavy (non-hydrogen) atoms. The molecule has 6 heteroatoms. The summed E-state index contributed by atoms with van der Waals surface area (Å²) in [5, 5.41) is 1.35. The molecule has 0 unspecified atom stereocenters. The van der Waals surface area contributed by atoms with Crippen molar-refractivity contribution in [2.24, 2.45) is 0 Å². The first-order chi connectivity index (χ1) is 13.7. The van der Waals surface area contributed by atoms with Gasteiger partial charge < -0.3 is 13.9 Å². The lowest BCUT2D eigenvalue weighted by atomic mass is 9.99. The number of ether oxygens (including phenoxy) is 2. The molecule has 0 aliphatic carbocycles. The SMILES string of the molecule is O=c1cc(-c2ccccc2)c2cc(Cl)c3c(c2o1)CN(C[C@H]1CCCO1)CO3. The summed E-state index contributed by atoms with van der Waals surface area (Å²) in [6, 6.07) is 13.1. The van der Waals surface area contributed by atoms with Crippen LogP contribution in [-0.4, -0.2) is 30.9 Å². The number of halogens is 1. The second-order valence-corrected chi connectivity index (χ2v) is 7.72. The Labute approximate surface area is 167 Å². The molecule has 1 fully saturated rings. The maximum Gasteiger partial charge on any atom is 0.336 e. The summed E-state index contributed by atoms with van der Waals surface area (Å²) < 4.78 is 17.3. The van der Waals surface area contributed by atoms with Gasteiger partial charge in [-0.1, -0.05) is 41.9 Å². The van der Waals surface area contributed by atoms with E-state index in [1.807, 2.05) is 36.4 Å². The smallest absolute Gasteiger partial charge is 0.336 e. The first-order valence-corrected chi connectivity index (χ1v) is 9.88. The summed E-state index contributed by atoms with van der Waals surface area (Å²) >= 11 is 6.55. The van der Waals surface area contributed by atoms with Crippen LogP contribution in [0.3, 0.4) is 0 Å². The zero-order valence-corrected chi connectivity index (χ0v) is 16.1. The fraction of sp³-hybridized carbons (Fsp3) is 0.318. The fourth-order valence-electron chi connectivity index (χ4n) is 4.08. The number of hydrogen-bond donors (Lipinski definition) is 0. The third kappa shape index (κ3) is 3.20. The van der Waals surface area contributed by atoms with Crippen molar-refractivity contribution in [2.45, 2.75) is 25.5 Å². The second-order valence-electron chi connectivity index (χ2n) is 7.31. The Morgan fingerprint density at radius 3 is 2.82 bits per heavy atom. The van der Waals surface area contributed by atoms with Crippen LogP contribution in [-0.2, 0) is 11.3 Å². The molecule has 0 bridgehead atoms. The highest BCUT2D eigenvalue weighted by Crippen LogP contribution is 2.41. The maximum absolute atomic E-state index is 12.3. The van der Waals surface area contributed by atoms with Crippen LogP contribution < -0.4 is 10.4 Å². The maximum atomic E-state index is 12.3. The molecule has 1 aromatic heterocycles. The minimum absolute atomic E-state index is 0.225. The normalized spacial score (nSPS) is 19.5. The van der Waals surface area contributed by atoms with E-state index in [-0.39, 0.29) is 11.7 Å². The van der Waals surface area contributed by atoms with Crippen molar-refractivity contribution in [2.75, 3.05) is 19.9 Å². The molecular formula is C22H20ClNO4. The number of benzene rings is 2. The second kappa shape index (κ2) is 7.24. The highest BCUT2D eigenvalue weighted by molar-refractivity contribution is 6.33. The fourth-order valence-corrected chi connectivity index (χ4v) is 4.36. The standard InChI is InChI=1S/C22H20ClNO4/c23-19-9-17-16(14-5-2-1-3-6-14)10-20(25)28-21(17)18-12-24(13-27-22(18)19)11-15-7-4-8-26-15/h1-3,5-6,9-10,15H,4,7-8,11-13H2/t15-/m1/s1. The predicted octanol–water partition coefficient (Wildman–Crippen LogP) is 4.44. The summed E-state index contributed by atoms with van der Waals surface area (Å²) in [6.07, 6.45) is 2.38. The average Bonchev–Trinajstić information content (AvgIpc) is 3.22. The summed E-state index contributed by atoms with van der Waals surface area (Å²) in [7, 11) is 0. The zero-order valence-electron chi connectivity index (χ0n) is 15.3. The third-order valence-corrected chi connectivity index (χ3v) is 5.66. The van der Waals surface area contributed by atoms with E-state index >= 15 is 0 Å². The van der Waals surface area contributed by atoms with Gasteiger partial charge >= 0.3 is 5.63 Å². The van der Waals surface area contributed by atoms with E-state index in [4.69, 9.17) is 25.5 Å². The van der Waals surface area contributed by atoms with Gasteiger partial charge in [-0.3, -0.25) is 4.90 Å². The average molecular weight is 398 g/mol. The van der Waals surface area contributed by atoms with Gasteiger partial charge in [0.05, 0.1) is 16.7 Å². The van der Waals surface area contributed by atoms with Gasteiger partial charge in [-0.25, -0.2) is 4.79 Å². The highest BCUT2D eigenvalue weighted by Gasteiger charge is 2.28. The van der Waals surface area contributed by atoms with Crippen molar-refractivity contribution >= 4 is 22.6 Å². The van der Waals surface area contributed by atoms with E-state index in [0.29, 0.717) is 29.6 Å².